The van der Waals surface area contributed by atoms with E-state index in [0.29, 0.717) is 0 Å². The molecule has 0 amide bonds. The van der Waals surface area contributed by atoms with Gasteiger partial charge in [-0.2, -0.15) is 0 Å². The summed E-state index contributed by atoms with van der Waals surface area (Å²) in [6, 6.07) is 9.45. The molecule has 5 heterocycles. The van der Waals surface area contributed by atoms with Crippen molar-refractivity contribution in [2.24, 2.45) is 0 Å². The molecule has 224 valence electrons. The standard InChI is InChI=1S/C30H24N4O10/c35-17-27(41)26(40)28(42,22(36)18-5-1-9-31-13-18)30(43,25(39)21-8-4-12-34-16-21)29(44-27,23(37)19-6-2-10-32-14-19)24(38)20-7-3-11-33-15-20/h1-16,26,35,40-43H,17H2/t26-,27+,28+,30+/m1/s1. The zero-order valence-electron chi connectivity index (χ0n) is 22.6. The number of nitrogens with zero attached hydrogens (tertiary/aromatic N) is 4. The Balaban J connectivity index is 1.97. The highest BCUT2D eigenvalue weighted by Gasteiger charge is 2.84. The molecule has 4 aromatic rings. The van der Waals surface area contributed by atoms with Crippen molar-refractivity contribution in [3.05, 3.63) is 120 Å². The monoisotopic (exact) mass is 600 g/mol. The average Bonchev–Trinajstić information content (AvgIpc) is 3.09. The lowest BCUT2D eigenvalue weighted by Crippen LogP contribution is -2.90. The van der Waals surface area contributed by atoms with Gasteiger partial charge in [0, 0.05) is 71.8 Å². The van der Waals surface area contributed by atoms with Gasteiger partial charge in [0.2, 0.25) is 40.1 Å². The first kappa shape index (κ1) is 30.5. The fourth-order valence-corrected chi connectivity index (χ4v) is 5.28. The first-order chi connectivity index (χ1) is 21.0. The Morgan fingerprint density at radius 3 is 1.34 bits per heavy atom. The molecule has 1 fully saturated rings. The summed E-state index contributed by atoms with van der Waals surface area (Å²) in [5, 5.41) is 58.4. The fourth-order valence-electron chi connectivity index (χ4n) is 5.28. The zero-order chi connectivity index (χ0) is 31.8. The molecule has 0 saturated carbocycles. The normalized spacial score (nSPS) is 26.0. The van der Waals surface area contributed by atoms with Gasteiger partial charge in [-0.25, -0.2) is 0 Å². The van der Waals surface area contributed by atoms with E-state index in [2.05, 4.69) is 19.9 Å². The number of ketones is 4. The summed E-state index contributed by atoms with van der Waals surface area (Å²) in [5.74, 6) is -10.0. The number of pyridine rings is 4. The minimum atomic E-state index is -4.09. The van der Waals surface area contributed by atoms with Crippen LogP contribution in [-0.4, -0.2) is 104 Å². The minimum Gasteiger partial charge on any atom is -0.391 e. The average molecular weight is 601 g/mol. The highest BCUT2D eigenvalue weighted by atomic mass is 16.7. The number of aliphatic hydroxyl groups excluding tert-OH is 2. The Hall–Kier alpha value is -4.96. The Bertz CT molecular complexity index is 1660. The molecule has 1 aliphatic rings. The highest BCUT2D eigenvalue weighted by molar-refractivity contribution is 6.30. The molecule has 0 unspecified atom stereocenters. The lowest BCUT2D eigenvalue weighted by molar-refractivity contribution is -0.387. The van der Waals surface area contributed by atoms with Crippen LogP contribution in [0.1, 0.15) is 41.4 Å². The van der Waals surface area contributed by atoms with E-state index < -0.39 is 80.7 Å². The third kappa shape index (κ3) is 4.28. The van der Waals surface area contributed by atoms with E-state index in [1.807, 2.05) is 0 Å². The molecule has 0 spiro atoms. The maximum Gasteiger partial charge on any atom is 0.236 e. The van der Waals surface area contributed by atoms with Crippen LogP contribution in [0.15, 0.2) is 98.1 Å². The van der Waals surface area contributed by atoms with Crippen LogP contribution in [0.5, 0.6) is 0 Å². The predicted octanol–water partition coefficient (Wildman–Crippen LogP) is -0.629. The quantitative estimate of drug-likeness (QED) is 0.119. The molecular weight excluding hydrogens is 576 g/mol. The van der Waals surface area contributed by atoms with Crippen LogP contribution in [0.25, 0.3) is 0 Å². The lowest BCUT2D eigenvalue weighted by atomic mass is 9.55. The topological polar surface area (TPSA) is 230 Å². The van der Waals surface area contributed by atoms with Crippen molar-refractivity contribution in [2.45, 2.75) is 28.7 Å². The number of carbonyl (C=O) groups excluding carboxylic acids is 4. The van der Waals surface area contributed by atoms with Crippen molar-refractivity contribution in [3.63, 3.8) is 0 Å². The van der Waals surface area contributed by atoms with E-state index in [4.69, 9.17) is 4.74 Å². The van der Waals surface area contributed by atoms with E-state index in [9.17, 15) is 44.7 Å². The van der Waals surface area contributed by atoms with Gasteiger partial charge < -0.3 is 30.3 Å². The second-order valence-corrected chi connectivity index (χ2v) is 9.95. The number of hydrogen-bond acceptors (Lipinski definition) is 14. The molecular formula is C30H24N4O10. The SMILES string of the molecule is O=C(c1cccnc1)C1(C(=O)c2cccnc2)O[C@@](O)(CO)[C@@H](O)[C@@](O)(C(=O)c2cccnc2)[C@@]1(O)C(=O)c1cccnc1. The summed E-state index contributed by atoms with van der Waals surface area (Å²) in [6.45, 7) is -1.64. The number of rotatable bonds is 9. The van der Waals surface area contributed by atoms with Crippen molar-refractivity contribution in [1.29, 1.82) is 0 Å². The van der Waals surface area contributed by atoms with Crippen LogP contribution >= 0.6 is 0 Å². The summed E-state index contributed by atoms with van der Waals surface area (Å²) in [6.07, 6.45) is 5.64. The van der Waals surface area contributed by atoms with Gasteiger partial charge in [-0.3, -0.25) is 39.1 Å². The summed E-state index contributed by atoms with van der Waals surface area (Å²) in [5.41, 5.74) is -13.9. The van der Waals surface area contributed by atoms with E-state index >= 15 is 0 Å². The maximum absolute atomic E-state index is 14.6. The Morgan fingerprint density at radius 2 is 1.00 bits per heavy atom. The molecule has 0 aromatic carbocycles. The van der Waals surface area contributed by atoms with Crippen LogP contribution in [0, 0.1) is 0 Å². The van der Waals surface area contributed by atoms with Crippen LogP contribution in [0.2, 0.25) is 0 Å². The first-order valence-corrected chi connectivity index (χ1v) is 12.9. The van der Waals surface area contributed by atoms with Crippen LogP contribution in [0.4, 0.5) is 0 Å². The highest BCUT2D eigenvalue weighted by Crippen LogP contribution is 2.53. The summed E-state index contributed by atoms with van der Waals surface area (Å²) in [4.78, 5) is 73.2. The van der Waals surface area contributed by atoms with E-state index in [1.165, 1.54) is 49.1 Å². The van der Waals surface area contributed by atoms with Gasteiger partial charge in [-0.1, -0.05) is 0 Å². The fraction of sp³-hybridized carbons (Fsp3) is 0.200. The summed E-state index contributed by atoms with van der Waals surface area (Å²) in [7, 11) is 0. The zero-order valence-corrected chi connectivity index (χ0v) is 22.6. The smallest absolute Gasteiger partial charge is 0.236 e. The van der Waals surface area contributed by atoms with Crippen molar-refractivity contribution in [1.82, 2.24) is 19.9 Å². The molecule has 5 rings (SSSR count). The van der Waals surface area contributed by atoms with Gasteiger partial charge in [0.15, 0.2) is 5.60 Å². The van der Waals surface area contributed by atoms with Gasteiger partial charge in [0.05, 0.1) is 6.61 Å². The van der Waals surface area contributed by atoms with Crippen LogP contribution in [0.3, 0.4) is 0 Å². The molecule has 0 aliphatic carbocycles. The van der Waals surface area contributed by atoms with Crippen molar-refractivity contribution in [3.8, 4) is 0 Å². The third-order valence-corrected chi connectivity index (χ3v) is 7.45. The number of aliphatic hydroxyl groups is 5. The Labute approximate surface area is 248 Å². The molecule has 44 heavy (non-hydrogen) atoms. The minimum absolute atomic E-state index is 0.491. The molecule has 14 heteroatoms. The second kappa shape index (κ2) is 11.3. The van der Waals surface area contributed by atoms with Crippen LogP contribution in [-0.2, 0) is 4.74 Å². The number of Topliss-reactive ketones (excluding diaryl/α,β-unsaturated/α-hetero) is 4. The molecule has 5 N–H and O–H groups in total. The lowest BCUT2D eigenvalue weighted by Gasteiger charge is -2.59. The van der Waals surface area contributed by atoms with E-state index in [1.54, 1.807) is 0 Å². The summed E-state index contributed by atoms with van der Waals surface area (Å²) < 4.78 is 5.58. The van der Waals surface area contributed by atoms with Crippen LogP contribution < -0.4 is 0 Å². The number of carbonyl (C=O) groups is 4. The third-order valence-electron chi connectivity index (χ3n) is 7.45. The molecule has 0 radical (unpaired) electrons. The van der Waals surface area contributed by atoms with E-state index in [-0.39, 0.29) is 0 Å². The Kier molecular flexibility index (Phi) is 7.81. The maximum atomic E-state index is 14.6. The Morgan fingerprint density at radius 1 is 0.636 bits per heavy atom. The van der Waals surface area contributed by atoms with Gasteiger partial charge in [0.25, 0.3) is 0 Å². The van der Waals surface area contributed by atoms with Gasteiger partial charge in [0.1, 0.15) is 6.10 Å². The number of aromatic nitrogens is 4. The van der Waals surface area contributed by atoms with Gasteiger partial charge >= 0.3 is 0 Å². The van der Waals surface area contributed by atoms with E-state index in [0.717, 1.165) is 49.1 Å². The number of ether oxygens (including phenoxy) is 1. The predicted molar refractivity (Wildman–Crippen MR) is 146 cm³/mol. The molecule has 4 aromatic heterocycles. The first-order valence-electron chi connectivity index (χ1n) is 12.9. The largest absolute Gasteiger partial charge is 0.391 e. The number of hydrogen-bond donors (Lipinski definition) is 5. The molecule has 4 atom stereocenters. The molecule has 14 nitrogen and oxygen atoms in total. The van der Waals surface area contributed by atoms with Gasteiger partial charge in [-0.05, 0) is 48.5 Å². The molecule has 0 bridgehead atoms. The summed E-state index contributed by atoms with van der Waals surface area (Å²) >= 11 is 0. The second-order valence-electron chi connectivity index (χ2n) is 9.95. The van der Waals surface area contributed by atoms with Crippen molar-refractivity contribution >= 4 is 23.1 Å². The van der Waals surface area contributed by atoms with Crippen molar-refractivity contribution < 1.29 is 49.4 Å². The van der Waals surface area contributed by atoms with Crippen molar-refractivity contribution in [2.75, 3.05) is 6.61 Å². The molecule has 1 saturated heterocycles. The molecule has 1 aliphatic heterocycles. The van der Waals surface area contributed by atoms with Gasteiger partial charge in [-0.15, -0.1) is 0 Å².